The van der Waals surface area contributed by atoms with E-state index < -0.39 is 11.6 Å². The van der Waals surface area contributed by atoms with Crippen LogP contribution in [0.25, 0.3) is 0 Å². The smallest absolute Gasteiger partial charge is 0.205 e. The Hall–Kier alpha value is -1.71. The van der Waals surface area contributed by atoms with Crippen LogP contribution in [0.4, 0.5) is 0 Å². The Balaban J connectivity index is 2.74. The molecule has 4 heteroatoms. The number of rotatable bonds is 4. The maximum Gasteiger partial charge on any atom is 0.205 e. The lowest BCUT2D eigenvalue weighted by atomic mass is 10.1. The molecular formula is C10H11NO3. The molecule has 0 saturated heterocycles. The van der Waals surface area contributed by atoms with Crippen molar-refractivity contribution in [3.8, 4) is 0 Å². The second-order valence-electron chi connectivity index (χ2n) is 3.08. The number of aromatic nitrogens is 1. The molecule has 0 radical (unpaired) electrons. The molecule has 0 unspecified atom stereocenters. The fourth-order valence-corrected chi connectivity index (χ4v) is 1.11. The quantitative estimate of drug-likeness (QED) is 0.403. The largest absolute Gasteiger partial charge is 0.348 e. The molecule has 0 aliphatic rings. The van der Waals surface area contributed by atoms with Crippen LogP contribution in [0.1, 0.15) is 23.8 Å². The van der Waals surface area contributed by atoms with Gasteiger partial charge >= 0.3 is 0 Å². The van der Waals surface area contributed by atoms with E-state index in [1.165, 1.54) is 6.92 Å². The van der Waals surface area contributed by atoms with Crippen LogP contribution in [0.2, 0.25) is 0 Å². The average molecular weight is 193 g/mol. The van der Waals surface area contributed by atoms with Crippen LogP contribution >= 0.6 is 0 Å². The van der Waals surface area contributed by atoms with Crippen LogP contribution in [-0.2, 0) is 16.6 Å². The highest BCUT2D eigenvalue weighted by Gasteiger charge is 2.16. The summed E-state index contributed by atoms with van der Waals surface area (Å²) in [4.78, 5) is 33.1. The predicted molar refractivity (Wildman–Crippen MR) is 50.0 cm³/mol. The fourth-order valence-electron chi connectivity index (χ4n) is 1.11. The first kappa shape index (κ1) is 10.4. The normalized spacial score (nSPS) is 9.86. The van der Waals surface area contributed by atoms with E-state index in [0.717, 1.165) is 0 Å². The van der Waals surface area contributed by atoms with Gasteiger partial charge in [0.1, 0.15) is 0 Å². The van der Waals surface area contributed by atoms with Crippen LogP contribution in [0.15, 0.2) is 18.3 Å². The molecule has 74 valence electrons. The summed E-state index contributed by atoms with van der Waals surface area (Å²) in [6.07, 6.45) is 1.37. The molecule has 1 aromatic heterocycles. The number of nitrogens with zero attached hydrogens (tertiary/aromatic N) is 1. The molecule has 0 amide bonds. The lowest BCUT2D eigenvalue weighted by molar-refractivity contribution is -0.134. The molecule has 0 saturated carbocycles. The minimum Gasteiger partial charge on any atom is -0.348 e. The van der Waals surface area contributed by atoms with Gasteiger partial charge in [0.2, 0.25) is 5.78 Å². The second kappa shape index (κ2) is 4.00. The molecule has 1 aromatic rings. The van der Waals surface area contributed by atoms with Gasteiger partial charge in [0.15, 0.2) is 11.6 Å². The predicted octanol–water partition coefficient (Wildman–Crippen LogP) is 0.756. The van der Waals surface area contributed by atoms with Gasteiger partial charge < -0.3 is 4.57 Å². The fraction of sp³-hybridized carbons (Fsp3) is 0.300. The summed E-state index contributed by atoms with van der Waals surface area (Å²) in [7, 11) is 1.71. The van der Waals surface area contributed by atoms with Crippen molar-refractivity contribution >= 4 is 17.3 Å². The van der Waals surface area contributed by atoms with E-state index in [9.17, 15) is 14.4 Å². The monoisotopic (exact) mass is 193 g/mol. The first-order valence-electron chi connectivity index (χ1n) is 4.20. The van der Waals surface area contributed by atoms with Gasteiger partial charge in [0.05, 0.1) is 12.1 Å². The molecule has 1 rings (SSSR count). The topological polar surface area (TPSA) is 56.1 Å². The van der Waals surface area contributed by atoms with Gasteiger partial charge in [-0.1, -0.05) is 0 Å². The number of aryl methyl sites for hydroxylation is 1. The Morgan fingerprint density at radius 2 is 2.00 bits per heavy atom. The Labute approximate surface area is 81.5 Å². The summed E-state index contributed by atoms with van der Waals surface area (Å²) in [6, 6.07) is 3.33. The first-order valence-corrected chi connectivity index (χ1v) is 4.20. The van der Waals surface area contributed by atoms with E-state index in [1.54, 1.807) is 29.9 Å². The molecule has 1 heterocycles. The van der Waals surface area contributed by atoms with Gasteiger partial charge in [-0.25, -0.2) is 0 Å². The number of Topliss-reactive ketones (excluding diaryl/α,β-unsaturated/α-hetero) is 3. The summed E-state index contributed by atoms with van der Waals surface area (Å²) in [5.41, 5.74) is 0.444. The Kier molecular flexibility index (Phi) is 2.96. The van der Waals surface area contributed by atoms with E-state index in [-0.39, 0.29) is 12.2 Å². The standard InChI is InChI=1S/C10H11NO3/c1-7(12)9(13)6-10(14)8-4-3-5-11(8)2/h3-5H,6H2,1-2H3. The third-order valence-electron chi connectivity index (χ3n) is 1.94. The van der Waals surface area contributed by atoms with Crippen molar-refractivity contribution in [2.24, 2.45) is 7.05 Å². The Morgan fingerprint density at radius 1 is 1.36 bits per heavy atom. The van der Waals surface area contributed by atoms with Crippen molar-refractivity contribution in [1.29, 1.82) is 0 Å². The number of hydrogen-bond acceptors (Lipinski definition) is 3. The molecular weight excluding hydrogens is 182 g/mol. The lowest BCUT2D eigenvalue weighted by Gasteiger charge is -2.00. The highest BCUT2D eigenvalue weighted by Crippen LogP contribution is 2.04. The SMILES string of the molecule is CC(=O)C(=O)CC(=O)c1cccn1C. The molecule has 0 atom stereocenters. The number of carbonyl (C=O) groups is 3. The van der Waals surface area contributed by atoms with Gasteiger partial charge in [-0.15, -0.1) is 0 Å². The number of hydrogen-bond donors (Lipinski definition) is 0. The minimum atomic E-state index is -0.642. The first-order chi connectivity index (χ1) is 6.52. The van der Waals surface area contributed by atoms with Crippen molar-refractivity contribution in [3.05, 3.63) is 24.0 Å². The van der Waals surface area contributed by atoms with E-state index in [1.807, 2.05) is 0 Å². The van der Waals surface area contributed by atoms with Gasteiger partial charge in [-0.2, -0.15) is 0 Å². The summed E-state index contributed by atoms with van der Waals surface area (Å²) >= 11 is 0. The third kappa shape index (κ3) is 2.16. The zero-order valence-corrected chi connectivity index (χ0v) is 8.11. The van der Waals surface area contributed by atoms with Crippen LogP contribution < -0.4 is 0 Å². The molecule has 0 aliphatic heterocycles. The van der Waals surface area contributed by atoms with E-state index in [4.69, 9.17) is 0 Å². The molecule has 0 aromatic carbocycles. The molecule has 0 bridgehead atoms. The van der Waals surface area contributed by atoms with Crippen LogP contribution in [0, 0.1) is 0 Å². The summed E-state index contributed by atoms with van der Waals surface area (Å²) in [5, 5.41) is 0. The summed E-state index contributed by atoms with van der Waals surface area (Å²) in [5.74, 6) is -1.54. The maximum absolute atomic E-state index is 11.4. The van der Waals surface area contributed by atoms with E-state index in [0.29, 0.717) is 5.69 Å². The number of carbonyl (C=O) groups excluding carboxylic acids is 3. The average Bonchev–Trinajstić information content (AvgIpc) is 2.51. The Morgan fingerprint density at radius 3 is 2.43 bits per heavy atom. The van der Waals surface area contributed by atoms with Crippen LogP contribution in [0.5, 0.6) is 0 Å². The van der Waals surface area contributed by atoms with Crippen molar-refractivity contribution < 1.29 is 14.4 Å². The van der Waals surface area contributed by atoms with E-state index in [2.05, 4.69) is 0 Å². The van der Waals surface area contributed by atoms with Gasteiger partial charge in [0, 0.05) is 20.2 Å². The minimum absolute atomic E-state index is 0.322. The molecule has 14 heavy (non-hydrogen) atoms. The zero-order chi connectivity index (χ0) is 10.7. The summed E-state index contributed by atoms with van der Waals surface area (Å²) < 4.78 is 1.62. The Bertz CT molecular complexity index is 390. The zero-order valence-electron chi connectivity index (χ0n) is 8.11. The summed E-state index contributed by atoms with van der Waals surface area (Å²) in [6.45, 7) is 1.17. The molecule has 0 aliphatic carbocycles. The van der Waals surface area contributed by atoms with Gasteiger partial charge in [-0.05, 0) is 12.1 Å². The molecule has 0 fully saturated rings. The van der Waals surface area contributed by atoms with Crippen LogP contribution in [0.3, 0.4) is 0 Å². The third-order valence-corrected chi connectivity index (χ3v) is 1.94. The molecule has 0 spiro atoms. The molecule has 4 nitrogen and oxygen atoms in total. The van der Waals surface area contributed by atoms with Crippen molar-refractivity contribution in [2.45, 2.75) is 13.3 Å². The second-order valence-corrected chi connectivity index (χ2v) is 3.08. The molecule has 0 N–H and O–H groups in total. The van der Waals surface area contributed by atoms with Crippen molar-refractivity contribution in [3.63, 3.8) is 0 Å². The highest BCUT2D eigenvalue weighted by atomic mass is 16.2. The van der Waals surface area contributed by atoms with Crippen molar-refractivity contribution in [2.75, 3.05) is 0 Å². The van der Waals surface area contributed by atoms with Gasteiger partial charge in [0.25, 0.3) is 0 Å². The van der Waals surface area contributed by atoms with Crippen LogP contribution in [-0.4, -0.2) is 21.9 Å². The lowest BCUT2D eigenvalue weighted by Crippen LogP contribution is -2.16. The maximum atomic E-state index is 11.4. The highest BCUT2D eigenvalue weighted by molar-refractivity contribution is 6.40. The van der Waals surface area contributed by atoms with E-state index >= 15 is 0 Å². The van der Waals surface area contributed by atoms with Gasteiger partial charge in [-0.3, -0.25) is 14.4 Å². The number of ketones is 3. The van der Waals surface area contributed by atoms with Crippen molar-refractivity contribution in [1.82, 2.24) is 4.57 Å².